The SMILES string of the molecule is C.Nc1ccc(-c2cn3c(N4CCOCC4)cccc3n2)cc1.Nc1cccc(Cl)n1.O=C(CBr)c1ccc([N+](=O)[O-])cc1.O=[N+]([O-])c1ccc(-c2cn3c(Cl)cccc3n2)cc1. The van der Waals surface area contributed by atoms with E-state index in [4.69, 9.17) is 44.4 Å². The summed E-state index contributed by atoms with van der Waals surface area (Å²) >= 11 is 14.5. The molecule has 1 saturated heterocycles. The summed E-state index contributed by atoms with van der Waals surface area (Å²) in [6, 6.07) is 36.4. The van der Waals surface area contributed by atoms with Crippen molar-refractivity contribution in [3.05, 3.63) is 176 Å². The number of rotatable bonds is 7. The van der Waals surface area contributed by atoms with E-state index in [1.54, 1.807) is 47.0 Å². The van der Waals surface area contributed by atoms with E-state index in [1.165, 1.54) is 36.4 Å². The van der Waals surface area contributed by atoms with Crippen LogP contribution in [0.25, 0.3) is 33.8 Å². The van der Waals surface area contributed by atoms with Gasteiger partial charge in [0.2, 0.25) is 0 Å². The summed E-state index contributed by atoms with van der Waals surface area (Å²) in [6.07, 6.45) is 3.89. The Hall–Kier alpha value is -6.92. The minimum Gasteiger partial charge on any atom is -0.399 e. The number of nitrogens with zero attached hydrogens (tertiary/aromatic N) is 8. The molecule has 0 saturated carbocycles. The number of benzene rings is 3. The summed E-state index contributed by atoms with van der Waals surface area (Å²) in [4.78, 5) is 46.2. The van der Waals surface area contributed by atoms with Crippen LogP contribution in [0, 0.1) is 20.2 Å². The number of non-ortho nitro benzene ring substituents is 2. The van der Waals surface area contributed by atoms with Crippen LogP contribution in [0.15, 0.2) is 140 Å². The van der Waals surface area contributed by atoms with E-state index in [1.807, 2.05) is 42.5 Å². The van der Waals surface area contributed by atoms with Gasteiger partial charge in [0.05, 0.1) is 39.8 Å². The molecule has 0 aliphatic carbocycles. The molecule has 1 aliphatic rings. The number of alkyl halides is 1. The Labute approximate surface area is 380 Å². The van der Waals surface area contributed by atoms with Gasteiger partial charge < -0.3 is 21.1 Å². The Morgan fingerprint density at radius 2 is 1.19 bits per heavy atom. The lowest BCUT2D eigenvalue weighted by Gasteiger charge is -2.29. The Bertz CT molecular complexity index is 2780. The number of carbonyl (C=O) groups is 1. The average molecular weight is 957 g/mol. The first-order chi connectivity index (χ1) is 29.9. The van der Waals surface area contributed by atoms with Crippen LogP contribution in [0.4, 0.5) is 28.7 Å². The summed E-state index contributed by atoms with van der Waals surface area (Å²) in [5.74, 6) is 1.53. The molecular weight excluding hydrogens is 915 g/mol. The zero-order chi connectivity index (χ0) is 44.2. The fraction of sp³-hybridized carbons (Fsp3) is 0.136. The van der Waals surface area contributed by atoms with Crippen molar-refractivity contribution in [1.29, 1.82) is 0 Å². The second-order valence-electron chi connectivity index (χ2n) is 13.2. The van der Waals surface area contributed by atoms with Gasteiger partial charge in [-0.15, -0.1) is 0 Å². The number of ether oxygens (including phenoxy) is 1. The molecule has 0 bridgehead atoms. The molecule has 1 aliphatic heterocycles. The molecule has 9 rings (SSSR count). The third-order valence-corrected chi connectivity index (χ3v) is 10.1. The number of Topliss-reactive ketones (excluding diaryl/α,β-unsaturated/α-hetero) is 1. The molecule has 5 aromatic heterocycles. The predicted molar refractivity (Wildman–Crippen MR) is 252 cm³/mol. The molecule has 6 heterocycles. The van der Waals surface area contributed by atoms with Gasteiger partial charge >= 0.3 is 0 Å². The number of nitro benzene ring substituents is 2. The van der Waals surface area contributed by atoms with Crippen molar-refractivity contribution in [1.82, 2.24) is 23.8 Å². The maximum Gasteiger partial charge on any atom is 0.269 e. The summed E-state index contributed by atoms with van der Waals surface area (Å²) in [5, 5.41) is 22.1. The number of nitrogens with two attached hydrogens (primary N) is 2. The van der Waals surface area contributed by atoms with Crippen molar-refractivity contribution in [2.75, 3.05) is 48.0 Å². The average Bonchev–Trinajstić information content (AvgIpc) is 3.94. The van der Waals surface area contributed by atoms with Crippen LogP contribution in [0.3, 0.4) is 0 Å². The molecule has 8 aromatic rings. The van der Waals surface area contributed by atoms with Gasteiger partial charge in [-0.2, -0.15) is 0 Å². The fourth-order valence-electron chi connectivity index (χ4n) is 5.98. The van der Waals surface area contributed by atoms with E-state index in [2.05, 4.69) is 53.5 Å². The van der Waals surface area contributed by atoms with Crippen molar-refractivity contribution in [2.45, 2.75) is 7.43 Å². The number of carbonyl (C=O) groups excluding carboxylic acids is 1. The molecule has 0 radical (unpaired) electrons. The highest BCUT2D eigenvalue weighted by atomic mass is 79.9. The maximum atomic E-state index is 11.1. The van der Waals surface area contributed by atoms with Crippen LogP contribution in [0.1, 0.15) is 17.8 Å². The van der Waals surface area contributed by atoms with Crippen LogP contribution in [0.2, 0.25) is 10.3 Å². The van der Waals surface area contributed by atoms with Crippen molar-refractivity contribution >= 4 is 84.9 Å². The number of hydrogen-bond donors (Lipinski definition) is 2. The monoisotopic (exact) mass is 954 g/mol. The zero-order valence-corrected chi connectivity index (χ0v) is 35.7. The lowest BCUT2D eigenvalue weighted by molar-refractivity contribution is -0.385. The van der Waals surface area contributed by atoms with Gasteiger partial charge in [0.1, 0.15) is 33.2 Å². The lowest BCUT2D eigenvalue weighted by atomic mass is 10.1. The maximum absolute atomic E-state index is 11.1. The molecular formula is C44H41BrCl2N10O6. The standard InChI is InChI=1S/C17H18N4O.C13H8ClN3O2.C8H6BrNO3.C5H5ClN2.CH4/c18-14-6-4-13(5-7-14)15-12-21-16(19-15)2-1-3-17(21)20-8-10-22-11-9-20;14-12-2-1-3-13-15-11(8-16(12)13)9-4-6-10(7-5-9)17(18)19;9-5-8(11)6-1-3-7(4-2-6)10(12)13;6-4-2-1-3-5(7)8-4;/h1-7,12H,8-11,18H2;1-8H;1-4H,5H2;1-3H,(H2,7,8);1H4. The van der Waals surface area contributed by atoms with Gasteiger partial charge in [-0.05, 0) is 72.8 Å². The Kier molecular flexibility index (Phi) is 16.6. The van der Waals surface area contributed by atoms with E-state index in [0.717, 1.165) is 71.6 Å². The van der Waals surface area contributed by atoms with E-state index in [0.29, 0.717) is 21.7 Å². The Balaban J connectivity index is 0.000000167. The third-order valence-electron chi connectivity index (χ3n) is 9.09. The molecule has 1 fully saturated rings. The number of anilines is 3. The number of imidazole rings is 2. The quantitative estimate of drug-likeness (QED) is 0.0381. The Morgan fingerprint density at radius 3 is 1.70 bits per heavy atom. The topological polar surface area (TPSA) is 215 Å². The summed E-state index contributed by atoms with van der Waals surface area (Å²) in [6.45, 7) is 3.37. The normalized spacial score (nSPS) is 11.8. The first-order valence-electron chi connectivity index (χ1n) is 18.7. The number of ketones is 1. The van der Waals surface area contributed by atoms with Crippen LogP contribution >= 0.6 is 39.1 Å². The summed E-state index contributed by atoms with van der Waals surface area (Å²) in [5.41, 5.74) is 17.6. The van der Waals surface area contributed by atoms with Crippen molar-refractivity contribution in [3.8, 4) is 22.5 Å². The second-order valence-corrected chi connectivity index (χ2v) is 14.5. The summed E-state index contributed by atoms with van der Waals surface area (Å²) < 4.78 is 9.35. The van der Waals surface area contributed by atoms with E-state index < -0.39 is 9.85 Å². The van der Waals surface area contributed by atoms with Gasteiger partial charge in [0.25, 0.3) is 11.4 Å². The molecule has 0 spiro atoms. The van der Waals surface area contributed by atoms with Crippen LogP contribution in [-0.4, -0.2) is 71.0 Å². The largest absolute Gasteiger partial charge is 0.399 e. The first-order valence-corrected chi connectivity index (χ1v) is 20.5. The molecule has 16 nitrogen and oxygen atoms in total. The lowest BCUT2D eigenvalue weighted by Crippen LogP contribution is -2.37. The van der Waals surface area contributed by atoms with Crippen molar-refractivity contribution < 1.29 is 19.4 Å². The number of fused-ring (bicyclic) bond motifs is 2. The smallest absolute Gasteiger partial charge is 0.269 e. The minimum atomic E-state index is -0.498. The minimum absolute atomic E-state index is 0. The van der Waals surface area contributed by atoms with E-state index in [-0.39, 0.29) is 29.9 Å². The van der Waals surface area contributed by atoms with Gasteiger partial charge in [-0.3, -0.25) is 33.8 Å². The highest BCUT2D eigenvalue weighted by Gasteiger charge is 2.16. The van der Waals surface area contributed by atoms with E-state index >= 15 is 0 Å². The van der Waals surface area contributed by atoms with E-state index in [9.17, 15) is 25.0 Å². The van der Waals surface area contributed by atoms with Crippen LogP contribution in [0.5, 0.6) is 0 Å². The molecule has 4 N–H and O–H groups in total. The second kappa shape index (κ2) is 22.3. The number of morpholine rings is 1. The molecule has 19 heteroatoms. The molecule has 0 atom stereocenters. The summed E-state index contributed by atoms with van der Waals surface area (Å²) in [7, 11) is 0. The van der Waals surface area contributed by atoms with Gasteiger partial charge in [-0.25, -0.2) is 15.0 Å². The number of hydrogen-bond acceptors (Lipinski definition) is 12. The van der Waals surface area contributed by atoms with Gasteiger partial charge in [0.15, 0.2) is 5.78 Å². The highest BCUT2D eigenvalue weighted by Crippen LogP contribution is 2.26. The number of aromatic nitrogens is 5. The molecule has 0 amide bonds. The Morgan fingerprint density at radius 1 is 0.683 bits per heavy atom. The van der Waals surface area contributed by atoms with Crippen LogP contribution in [-0.2, 0) is 4.74 Å². The zero-order valence-electron chi connectivity index (χ0n) is 32.6. The number of nitrogen functional groups attached to an aromatic ring is 2. The number of pyridine rings is 3. The molecule has 0 unspecified atom stereocenters. The van der Waals surface area contributed by atoms with Gasteiger partial charge in [-0.1, -0.05) is 76.9 Å². The number of halogens is 3. The first kappa shape index (κ1) is 47.1. The highest BCUT2D eigenvalue weighted by molar-refractivity contribution is 9.09. The van der Waals surface area contributed by atoms with Gasteiger partial charge in [0, 0.05) is 72.1 Å². The fourth-order valence-corrected chi connectivity index (χ4v) is 6.68. The number of nitro groups is 2. The third kappa shape index (κ3) is 12.6. The predicted octanol–water partition coefficient (Wildman–Crippen LogP) is 10.1. The van der Waals surface area contributed by atoms with Crippen molar-refractivity contribution in [2.24, 2.45) is 0 Å². The van der Waals surface area contributed by atoms with Crippen molar-refractivity contribution in [3.63, 3.8) is 0 Å². The molecule has 3 aromatic carbocycles. The molecule has 63 heavy (non-hydrogen) atoms. The van der Waals surface area contributed by atoms with Crippen LogP contribution < -0.4 is 16.4 Å². The molecule has 324 valence electrons.